The average molecular weight is 392 g/mol. The number of carbonyl (C=O) groups is 1. The van der Waals surface area contributed by atoms with Gasteiger partial charge in [-0.3, -0.25) is 9.36 Å². The third-order valence-electron chi connectivity index (χ3n) is 6.44. The minimum absolute atomic E-state index is 0.00509. The van der Waals surface area contributed by atoms with E-state index in [1.807, 2.05) is 49.4 Å². The van der Waals surface area contributed by atoms with Crippen molar-refractivity contribution in [2.75, 3.05) is 7.11 Å². The molecule has 0 bridgehead atoms. The van der Waals surface area contributed by atoms with Gasteiger partial charge in [0, 0.05) is 17.3 Å². The maximum Gasteiger partial charge on any atom is 0.251 e. The molecule has 29 heavy (non-hydrogen) atoms. The Morgan fingerprint density at radius 1 is 1.14 bits per heavy atom. The van der Waals surface area contributed by atoms with Crippen LogP contribution >= 0.6 is 0 Å². The lowest BCUT2D eigenvalue weighted by Crippen LogP contribution is -2.43. The largest absolute Gasteiger partial charge is 0.497 e. The van der Waals surface area contributed by atoms with Gasteiger partial charge in [-0.15, -0.1) is 0 Å². The minimum Gasteiger partial charge on any atom is -0.497 e. The second kappa shape index (κ2) is 7.90. The number of nitrogens with one attached hydrogen (secondary N) is 1. The third kappa shape index (κ3) is 3.74. The van der Waals surface area contributed by atoms with Crippen molar-refractivity contribution in [2.24, 2.45) is 11.8 Å². The van der Waals surface area contributed by atoms with E-state index < -0.39 is 0 Å². The summed E-state index contributed by atoms with van der Waals surface area (Å²) in [6.07, 6.45) is 3.49. The molecule has 3 atom stereocenters. The highest BCUT2D eigenvalue weighted by Gasteiger charge is 2.28. The lowest BCUT2D eigenvalue weighted by Gasteiger charge is -2.34. The van der Waals surface area contributed by atoms with Crippen molar-refractivity contribution in [1.82, 2.24) is 14.9 Å². The zero-order valence-corrected chi connectivity index (χ0v) is 17.6. The lowest BCUT2D eigenvalue weighted by atomic mass is 9.78. The first-order valence-corrected chi connectivity index (χ1v) is 10.4. The van der Waals surface area contributed by atoms with Crippen molar-refractivity contribution in [3.05, 3.63) is 53.9 Å². The van der Waals surface area contributed by atoms with Crippen LogP contribution in [0, 0.1) is 18.8 Å². The number of nitrogens with zero attached hydrogens (tertiary/aromatic N) is 2. The summed E-state index contributed by atoms with van der Waals surface area (Å²) in [5.74, 6) is 2.86. The van der Waals surface area contributed by atoms with E-state index in [9.17, 15) is 4.79 Å². The number of aromatic nitrogens is 2. The van der Waals surface area contributed by atoms with E-state index in [0.717, 1.165) is 34.7 Å². The van der Waals surface area contributed by atoms with Crippen LogP contribution in [0.1, 0.15) is 49.3 Å². The molecule has 3 aromatic rings. The van der Waals surface area contributed by atoms with Crippen LogP contribution in [0.2, 0.25) is 0 Å². The maximum absolute atomic E-state index is 12.9. The second-order valence-electron chi connectivity index (χ2n) is 8.24. The summed E-state index contributed by atoms with van der Waals surface area (Å²) >= 11 is 0. The highest BCUT2D eigenvalue weighted by Crippen LogP contribution is 2.30. The third-order valence-corrected chi connectivity index (χ3v) is 6.44. The normalized spacial score (nSPS) is 21.9. The molecule has 1 aliphatic rings. The zero-order chi connectivity index (χ0) is 20.5. The first-order valence-electron chi connectivity index (χ1n) is 10.4. The fourth-order valence-corrected chi connectivity index (χ4v) is 4.44. The summed E-state index contributed by atoms with van der Waals surface area (Å²) in [6.45, 7) is 6.51. The number of ether oxygens (including phenoxy) is 1. The molecule has 0 radical (unpaired) electrons. The molecule has 1 saturated carbocycles. The SMILES string of the molecule is COc1ccc(-n2c(C)nc3cc(C(=O)N[C@@H]4CCC[C@H](C)[C@@H]4C)ccc32)cc1. The van der Waals surface area contributed by atoms with Gasteiger partial charge in [0.2, 0.25) is 0 Å². The number of rotatable bonds is 4. The molecule has 1 N–H and O–H groups in total. The van der Waals surface area contributed by atoms with Crippen molar-refractivity contribution < 1.29 is 9.53 Å². The number of hydrogen-bond acceptors (Lipinski definition) is 3. The number of imidazole rings is 1. The monoisotopic (exact) mass is 391 g/mol. The maximum atomic E-state index is 12.9. The number of fused-ring (bicyclic) bond motifs is 1. The van der Waals surface area contributed by atoms with E-state index in [2.05, 4.69) is 23.7 Å². The molecule has 1 amide bonds. The Bertz CT molecular complexity index is 1020. The molecular weight excluding hydrogens is 362 g/mol. The van der Waals surface area contributed by atoms with Crippen LogP contribution in [0.25, 0.3) is 16.7 Å². The summed E-state index contributed by atoms with van der Waals surface area (Å²) in [4.78, 5) is 17.6. The van der Waals surface area contributed by atoms with Gasteiger partial charge in [0.1, 0.15) is 11.6 Å². The lowest BCUT2D eigenvalue weighted by molar-refractivity contribution is 0.0891. The number of carbonyl (C=O) groups excluding carboxylic acids is 1. The van der Waals surface area contributed by atoms with Crippen LogP contribution in [0.3, 0.4) is 0 Å². The van der Waals surface area contributed by atoms with E-state index in [1.54, 1.807) is 7.11 Å². The second-order valence-corrected chi connectivity index (χ2v) is 8.24. The van der Waals surface area contributed by atoms with E-state index in [4.69, 9.17) is 9.72 Å². The van der Waals surface area contributed by atoms with Crippen molar-refractivity contribution in [1.29, 1.82) is 0 Å². The molecule has 0 aliphatic heterocycles. The molecule has 2 aromatic carbocycles. The average Bonchev–Trinajstić information content (AvgIpc) is 3.06. The van der Waals surface area contributed by atoms with Crippen LogP contribution in [-0.2, 0) is 0 Å². The number of benzene rings is 2. The van der Waals surface area contributed by atoms with Gasteiger partial charge in [0.05, 0.1) is 18.1 Å². The van der Waals surface area contributed by atoms with Gasteiger partial charge in [-0.05, 0) is 67.6 Å². The molecule has 5 nitrogen and oxygen atoms in total. The molecule has 152 valence electrons. The fourth-order valence-electron chi connectivity index (χ4n) is 4.44. The molecule has 1 heterocycles. The van der Waals surface area contributed by atoms with Gasteiger partial charge in [-0.1, -0.05) is 26.7 Å². The van der Waals surface area contributed by atoms with Gasteiger partial charge >= 0.3 is 0 Å². The molecule has 4 rings (SSSR count). The molecular formula is C24H29N3O2. The van der Waals surface area contributed by atoms with Crippen molar-refractivity contribution in [2.45, 2.75) is 46.1 Å². The van der Waals surface area contributed by atoms with Gasteiger partial charge in [0.25, 0.3) is 5.91 Å². The Kier molecular flexibility index (Phi) is 5.31. The quantitative estimate of drug-likeness (QED) is 0.688. The summed E-state index contributed by atoms with van der Waals surface area (Å²) in [5.41, 5.74) is 3.51. The van der Waals surface area contributed by atoms with E-state index in [-0.39, 0.29) is 11.9 Å². The number of amides is 1. The molecule has 5 heteroatoms. The molecule has 1 aromatic heterocycles. The Balaban J connectivity index is 1.60. The van der Waals surface area contributed by atoms with Crippen LogP contribution in [0.5, 0.6) is 5.75 Å². The van der Waals surface area contributed by atoms with Gasteiger partial charge in [0.15, 0.2) is 0 Å². The van der Waals surface area contributed by atoms with Crippen molar-refractivity contribution in [3.63, 3.8) is 0 Å². The molecule has 0 saturated heterocycles. The molecule has 1 aliphatic carbocycles. The summed E-state index contributed by atoms with van der Waals surface area (Å²) in [6, 6.07) is 13.9. The number of hydrogen-bond donors (Lipinski definition) is 1. The Morgan fingerprint density at radius 2 is 1.90 bits per heavy atom. The van der Waals surface area contributed by atoms with Crippen LogP contribution in [0.15, 0.2) is 42.5 Å². The van der Waals surface area contributed by atoms with Crippen molar-refractivity contribution >= 4 is 16.9 Å². The summed E-state index contributed by atoms with van der Waals surface area (Å²) in [5, 5.41) is 3.26. The predicted molar refractivity (Wildman–Crippen MR) is 116 cm³/mol. The fraction of sp³-hybridized carbons (Fsp3) is 0.417. The minimum atomic E-state index is -0.00509. The van der Waals surface area contributed by atoms with Crippen LogP contribution < -0.4 is 10.1 Å². The van der Waals surface area contributed by atoms with E-state index in [1.165, 1.54) is 12.8 Å². The Morgan fingerprint density at radius 3 is 2.62 bits per heavy atom. The number of methoxy groups -OCH3 is 1. The topological polar surface area (TPSA) is 56.2 Å². The Hall–Kier alpha value is -2.82. The predicted octanol–water partition coefficient (Wildman–Crippen LogP) is 4.90. The molecule has 1 fully saturated rings. The highest BCUT2D eigenvalue weighted by molar-refractivity contribution is 5.97. The smallest absolute Gasteiger partial charge is 0.251 e. The summed E-state index contributed by atoms with van der Waals surface area (Å²) in [7, 11) is 1.66. The highest BCUT2D eigenvalue weighted by atomic mass is 16.5. The van der Waals surface area contributed by atoms with Gasteiger partial charge < -0.3 is 10.1 Å². The van der Waals surface area contributed by atoms with Crippen molar-refractivity contribution in [3.8, 4) is 11.4 Å². The van der Waals surface area contributed by atoms with E-state index in [0.29, 0.717) is 17.4 Å². The zero-order valence-electron chi connectivity index (χ0n) is 17.6. The van der Waals surface area contributed by atoms with Gasteiger partial charge in [-0.2, -0.15) is 0 Å². The van der Waals surface area contributed by atoms with Gasteiger partial charge in [-0.25, -0.2) is 4.98 Å². The number of aryl methyl sites for hydroxylation is 1. The first kappa shape index (κ1) is 19.5. The molecule has 0 unspecified atom stereocenters. The first-order chi connectivity index (χ1) is 14.0. The van der Waals surface area contributed by atoms with Crippen LogP contribution in [0.4, 0.5) is 0 Å². The summed E-state index contributed by atoms with van der Waals surface area (Å²) < 4.78 is 7.35. The molecule has 0 spiro atoms. The standard InChI is InChI=1S/C24H29N3O2/c1-15-6-5-7-21(16(15)2)26-24(28)18-8-13-23-22(14-18)25-17(3)27(23)19-9-11-20(29-4)12-10-19/h8-16,21H,5-7H2,1-4H3,(H,26,28)/t15-,16-,21+/m0/s1. The van der Waals surface area contributed by atoms with Crippen LogP contribution in [-0.4, -0.2) is 28.6 Å². The Labute approximate surface area is 172 Å². The van der Waals surface area contributed by atoms with E-state index >= 15 is 0 Å².